The topological polar surface area (TPSA) is 89.4 Å². The van der Waals surface area contributed by atoms with Crippen molar-refractivity contribution in [2.75, 3.05) is 26.7 Å². The van der Waals surface area contributed by atoms with Gasteiger partial charge in [-0.1, -0.05) is 0 Å². The largest absolute Gasteiger partial charge is 0.496 e. The van der Waals surface area contributed by atoms with E-state index in [1.807, 2.05) is 6.92 Å². The fraction of sp³-hybridized carbons (Fsp3) is 0.556. The summed E-state index contributed by atoms with van der Waals surface area (Å²) in [4.78, 5) is 0.296. The Kier molecular flexibility index (Phi) is 4.92. The van der Waals surface area contributed by atoms with Crippen molar-refractivity contribution in [3.05, 3.63) is 35.4 Å². The van der Waals surface area contributed by atoms with Crippen LogP contribution in [0.5, 0.6) is 5.75 Å². The minimum atomic E-state index is -3.62. The second kappa shape index (κ2) is 7.21. The minimum absolute atomic E-state index is 0.267. The zero-order valence-corrected chi connectivity index (χ0v) is 16.5. The van der Waals surface area contributed by atoms with Crippen LogP contribution in [0.25, 0.3) is 0 Å². The molecular weight excluding hydrogens is 366 g/mol. The Balaban J connectivity index is 1.69. The van der Waals surface area contributed by atoms with Gasteiger partial charge in [0.05, 0.1) is 18.0 Å². The second-order valence-electron chi connectivity index (χ2n) is 7.03. The van der Waals surface area contributed by atoms with Gasteiger partial charge >= 0.3 is 0 Å². The first kappa shape index (κ1) is 18.4. The summed E-state index contributed by atoms with van der Waals surface area (Å²) >= 11 is 0. The number of benzene rings is 1. The molecule has 0 bridgehead atoms. The SMILES string of the molecule is COc1ccc(S(=O)(=O)N2CCC[C@H]2c2nnc3n2CCNCC3)cc1C. The van der Waals surface area contributed by atoms with E-state index in [1.165, 1.54) is 0 Å². The van der Waals surface area contributed by atoms with Gasteiger partial charge in [-0.25, -0.2) is 8.42 Å². The molecule has 2 aliphatic heterocycles. The van der Waals surface area contributed by atoms with Gasteiger partial charge < -0.3 is 14.6 Å². The number of methoxy groups -OCH3 is 1. The third-order valence-corrected chi connectivity index (χ3v) is 7.27. The summed E-state index contributed by atoms with van der Waals surface area (Å²) in [5, 5.41) is 12.1. The van der Waals surface area contributed by atoms with Gasteiger partial charge in [-0.2, -0.15) is 4.31 Å². The number of nitrogens with one attached hydrogen (secondary N) is 1. The zero-order valence-electron chi connectivity index (χ0n) is 15.7. The summed E-state index contributed by atoms with van der Waals surface area (Å²) in [6.45, 7) is 4.83. The Hall–Kier alpha value is -1.97. The number of aryl methyl sites for hydroxylation is 1. The van der Waals surface area contributed by atoms with Crippen LogP contribution < -0.4 is 10.1 Å². The molecule has 146 valence electrons. The number of aromatic nitrogens is 3. The van der Waals surface area contributed by atoms with Crippen LogP contribution in [0.1, 0.15) is 36.1 Å². The van der Waals surface area contributed by atoms with Crippen molar-refractivity contribution in [2.24, 2.45) is 0 Å². The average Bonchev–Trinajstić information content (AvgIpc) is 3.23. The lowest BCUT2D eigenvalue weighted by atomic mass is 10.2. The van der Waals surface area contributed by atoms with Gasteiger partial charge in [0.15, 0.2) is 5.82 Å². The molecule has 8 nitrogen and oxygen atoms in total. The monoisotopic (exact) mass is 391 g/mol. The van der Waals surface area contributed by atoms with Crippen molar-refractivity contribution in [3.8, 4) is 5.75 Å². The molecule has 1 saturated heterocycles. The standard InChI is InChI=1S/C18H25N5O3S/c1-13-12-14(5-6-16(13)26-2)27(24,25)23-10-3-4-15(23)18-21-20-17-7-8-19-9-11-22(17)18/h5-6,12,15,19H,3-4,7-11H2,1-2H3/t15-/m0/s1. The maximum absolute atomic E-state index is 13.3. The third-order valence-electron chi connectivity index (χ3n) is 5.37. The first-order chi connectivity index (χ1) is 13.0. The smallest absolute Gasteiger partial charge is 0.243 e. The minimum Gasteiger partial charge on any atom is -0.496 e. The molecule has 1 N–H and O–H groups in total. The van der Waals surface area contributed by atoms with Crippen LogP contribution in [-0.4, -0.2) is 54.2 Å². The van der Waals surface area contributed by atoms with Crippen molar-refractivity contribution < 1.29 is 13.2 Å². The van der Waals surface area contributed by atoms with Crippen LogP contribution in [-0.2, 0) is 23.0 Å². The first-order valence-corrected chi connectivity index (χ1v) is 10.8. The van der Waals surface area contributed by atoms with Crippen LogP contribution in [0.2, 0.25) is 0 Å². The molecule has 9 heteroatoms. The number of ether oxygens (including phenoxy) is 1. The molecule has 0 unspecified atom stereocenters. The van der Waals surface area contributed by atoms with E-state index < -0.39 is 10.0 Å². The second-order valence-corrected chi connectivity index (χ2v) is 8.92. The summed E-state index contributed by atoms with van der Waals surface area (Å²) in [5.41, 5.74) is 0.803. The highest BCUT2D eigenvalue weighted by Gasteiger charge is 2.39. The fourth-order valence-corrected chi connectivity index (χ4v) is 5.71. The van der Waals surface area contributed by atoms with Crippen LogP contribution in [0.3, 0.4) is 0 Å². The van der Waals surface area contributed by atoms with E-state index in [0.29, 0.717) is 17.2 Å². The molecule has 0 aliphatic carbocycles. The van der Waals surface area contributed by atoms with Crippen LogP contribution in [0.15, 0.2) is 23.1 Å². The number of hydrogen-bond donors (Lipinski definition) is 1. The lowest BCUT2D eigenvalue weighted by Crippen LogP contribution is -2.32. The Labute approximate surface area is 159 Å². The maximum Gasteiger partial charge on any atom is 0.243 e. The molecular formula is C18H25N5O3S. The molecule has 1 aromatic heterocycles. The molecule has 1 aromatic carbocycles. The molecule has 2 aliphatic rings. The van der Waals surface area contributed by atoms with E-state index in [2.05, 4.69) is 20.1 Å². The number of hydrogen-bond acceptors (Lipinski definition) is 6. The van der Waals surface area contributed by atoms with E-state index >= 15 is 0 Å². The van der Waals surface area contributed by atoms with Gasteiger partial charge in [0.2, 0.25) is 10.0 Å². The number of sulfonamides is 1. The molecule has 1 fully saturated rings. The summed E-state index contributed by atoms with van der Waals surface area (Å²) < 4.78 is 35.6. The van der Waals surface area contributed by atoms with Crippen molar-refractivity contribution in [2.45, 2.75) is 43.7 Å². The summed E-state index contributed by atoms with van der Waals surface area (Å²) in [6, 6.07) is 4.74. The fourth-order valence-electron chi connectivity index (χ4n) is 3.97. The van der Waals surface area contributed by atoms with Crippen LogP contribution in [0.4, 0.5) is 0 Å². The quantitative estimate of drug-likeness (QED) is 0.844. The van der Waals surface area contributed by atoms with Gasteiger partial charge in [-0.3, -0.25) is 0 Å². The van der Waals surface area contributed by atoms with Crippen LogP contribution in [0, 0.1) is 6.92 Å². The molecule has 0 amide bonds. The first-order valence-electron chi connectivity index (χ1n) is 9.31. The van der Waals surface area contributed by atoms with Gasteiger partial charge in [0.25, 0.3) is 0 Å². The van der Waals surface area contributed by atoms with Crippen molar-refractivity contribution in [1.82, 2.24) is 24.4 Å². The average molecular weight is 391 g/mol. The molecule has 2 aromatic rings. The van der Waals surface area contributed by atoms with Crippen molar-refractivity contribution >= 4 is 10.0 Å². The highest BCUT2D eigenvalue weighted by atomic mass is 32.2. The van der Waals surface area contributed by atoms with Gasteiger partial charge in [-0.05, 0) is 43.5 Å². The Morgan fingerprint density at radius 3 is 2.85 bits per heavy atom. The Bertz CT molecular complexity index is 940. The molecule has 1 atom stereocenters. The van der Waals surface area contributed by atoms with E-state index in [-0.39, 0.29) is 6.04 Å². The summed E-state index contributed by atoms with van der Waals surface area (Å²) in [5.74, 6) is 2.38. The van der Waals surface area contributed by atoms with E-state index in [1.54, 1.807) is 29.6 Å². The van der Waals surface area contributed by atoms with Gasteiger partial charge in [-0.15, -0.1) is 10.2 Å². The van der Waals surface area contributed by atoms with Crippen LogP contribution >= 0.6 is 0 Å². The normalized spacial score (nSPS) is 21.0. The number of rotatable bonds is 4. The molecule has 3 heterocycles. The van der Waals surface area contributed by atoms with Crippen molar-refractivity contribution in [3.63, 3.8) is 0 Å². The third kappa shape index (κ3) is 3.24. The highest BCUT2D eigenvalue weighted by Crippen LogP contribution is 2.37. The van der Waals surface area contributed by atoms with Gasteiger partial charge in [0, 0.05) is 32.6 Å². The zero-order chi connectivity index (χ0) is 19.0. The molecule has 0 spiro atoms. The molecule has 4 rings (SSSR count). The highest BCUT2D eigenvalue weighted by molar-refractivity contribution is 7.89. The summed E-state index contributed by atoms with van der Waals surface area (Å²) in [7, 11) is -2.03. The van der Waals surface area contributed by atoms with E-state index in [4.69, 9.17) is 4.74 Å². The van der Waals surface area contributed by atoms with E-state index in [9.17, 15) is 8.42 Å². The predicted octanol–water partition coefficient (Wildman–Crippen LogP) is 1.27. The Morgan fingerprint density at radius 1 is 1.22 bits per heavy atom. The predicted molar refractivity (Wildman–Crippen MR) is 100 cm³/mol. The molecule has 0 saturated carbocycles. The lowest BCUT2D eigenvalue weighted by Gasteiger charge is -2.24. The lowest BCUT2D eigenvalue weighted by molar-refractivity contribution is 0.371. The van der Waals surface area contributed by atoms with Gasteiger partial charge in [0.1, 0.15) is 11.6 Å². The maximum atomic E-state index is 13.3. The molecule has 0 radical (unpaired) electrons. The molecule has 27 heavy (non-hydrogen) atoms. The number of fused-ring (bicyclic) bond motifs is 1. The van der Waals surface area contributed by atoms with E-state index in [0.717, 1.165) is 56.1 Å². The van der Waals surface area contributed by atoms with Crippen molar-refractivity contribution in [1.29, 1.82) is 0 Å². The Morgan fingerprint density at radius 2 is 2.07 bits per heavy atom. The summed E-state index contributed by atoms with van der Waals surface area (Å²) in [6.07, 6.45) is 2.39. The number of nitrogens with zero attached hydrogens (tertiary/aromatic N) is 4.